The number of methoxy groups -OCH3 is 1. The highest BCUT2D eigenvalue weighted by Gasteiger charge is 2.37. The molecule has 3 aromatic carbocycles. The van der Waals surface area contributed by atoms with Crippen LogP contribution in [0.4, 0.5) is 10.5 Å². The molecule has 1 heterocycles. The van der Waals surface area contributed by atoms with E-state index in [0.717, 1.165) is 16.9 Å². The zero-order valence-corrected chi connectivity index (χ0v) is 23.0. The molecule has 10 heteroatoms. The highest BCUT2D eigenvalue weighted by Crippen LogP contribution is 2.37. The van der Waals surface area contributed by atoms with Gasteiger partial charge in [-0.25, -0.2) is 9.69 Å². The first-order valence-electron chi connectivity index (χ1n) is 11.7. The van der Waals surface area contributed by atoms with Crippen molar-refractivity contribution >= 4 is 57.1 Å². The molecule has 0 saturated carbocycles. The second kappa shape index (κ2) is 12.1. The molecule has 0 unspecified atom stereocenters. The molecule has 1 N–H and O–H groups in total. The van der Waals surface area contributed by atoms with Gasteiger partial charge >= 0.3 is 6.03 Å². The molecule has 1 fully saturated rings. The summed E-state index contributed by atoms with van der Waals surface area (Å²) in [4.78, 5) is 39.4. The maximum absolute atomic E-state index is 13.3. The molecule has 1 saturated heterocycles. The average Bonchev–Trinajstić information content (AvgIpc) is 2.90. The van der Waals surface area contributed by atoms with Gasteiger partial charge in [0.15, 0.2) is 11.5 Å². The lowest BCUT2D eigenvalue weighted by molar-refractivity contribution is -0.122. The zero-order chi connectivity index (χ0) is 27.2. The van der Waals surface area contributed by atoms with Crippen LogP contribution in [-0.2, 0) is 16.2 Å². The first-order chi connectivity index (χ1) is 18.3. The summed E-state index contributed by atoms with van der Waals surface area (Å²) in [6.45, 7) is 2.74. The summed E-state index contributed by atoms with van der Waals surface area (Å²) in [5.74, 6) is -0.0804. The number of barbiturate groups is 1. The van der Waals surface area contributed by atoms with Crippen LogP contribution >= 0.6 is 27.5 Å². The monoisotopic (exact) mass is 598 g/mol. The number of nitrogens with zero attached hydrogens (tertiary/aromatic N) is 1. The molecule has 0 aliphatic carbocycles. The fourth-order valence-electron chi connectivity index (χ4n) is 3.69. The summed E-state index contributed by atoms with van der Waals surface area (Å²) in [7, 11) is 1.50. The van der Waals surface area contributed by atoms with Crippen LogP contribution in [-0.4, -0.2) is 31.6 Å². The van der Waals surface area contributed by atoms with Crippen molar-refractivity contribution in [1.29, 1.82) is 0 Å². The Bertz CT molecular complexity index is 1410. The van der Waals surface area contributed by atoms with Gasteiger partial charge in [-0.1, -0.05) is 36.7 Å². The number of hydrogen-bond donors (Lipinski definition) is 1. The number of benzene rings is 3. The molecule has 196 valence electrons. The van der Waals surface area contributed by atoms with Crippen molar-refractivity contribution in [3.63, 3.8) is 0 Å². The predicted octanol–water partition coefficient (Wildman–Crippen LogP) is 6.15. The van der Waals surface area contributed by atoms with Crippen LogP contribution < -0.4 is 24.4 Å². The van der Waals surface area contributed by atoms with Gasteiger partial charge in [0.25, 0.3) is 11.8 Å². The number of urea groups is 1. The maximum Gasteiger partial charge on any atom is 0.335 e. The van der Waals surface area contributed by atoms with E-state index in [0.29, 0.717) is 38.9 Å². The Balaban J connectivity index is 1.56. The molecule has 4 rings (SSSR count). The van der Waals surface area contributed by atoms with E-state index in [1.165, 1.54) is 13.2 Å². The standard InChI is InChI=1S/C28H24BrClN2O6/c1-3-12-37-25-22(29)14-17(15-24(25)36-2)13-21-26(33)31-28(35)32(27(21)34)19-8-10-20(11-9-19)38-16-18-6-4-5-7-23(18)30/h4-11,13-15H,3,12,16H2,1-2H3,(H,31,33,35)/b21-13+. The number of carbonyl (C=O) groups excluding carboxylic acids is 3. The number of rotatable bonds is 9. The van der Waals surface area contributed by atoms with Crippen LogP contribution in [0.1, 0.15) is 24.5 Å². The fraction of sp³-hybridized carbons (Fsp3) is 0.179. The van der Waals surface area contributed by atoms with Crippen molar-refractivity contribution < 1.29 is 28.6 Å². The van der Waals surface area contributed by atoms with Gasteiger partial charge in [0, 0.05) is 10.6 Å². The molecular weight excluding hydrogens is 576 g/mol. The van der Waals surface area contributed by atoms with E-state index >= 15 is 0 Å². The van der Waals surface area contributed by atoms with Gasteiger partial charge in [-0.3, -0.25) is 14.9 Å². The van der Waals surface area contributed by atoms with Crippen molar-refractivity contribution in [3.8, 4) is 17.2 Å². The fourth-order valence-corrected chi connectivity index (χ4v) is 4.46. The van der Waals surface area contributed by atoms with Gasteiger partial charge in [-0.15, -0.1) is 0 Å². The summed E-state index contributed by atoms with van der Waals surface area (Å²) >= 11 is 9.63. The first-order valence-corrected chi connectivity index (χ1v) is 12.9. The lowest BCUT2D eigenvalue weighted by atomic mass is 10.1. The Hall–Kier alpha value is -3.82. The molecule has 4 amide bonds. The highest BCUT2D eigenvalue weighted by molar-refractivity contribution is 9.10. The van der Waals surface area contributed by atoms with E-state index in [-0.39, 0.29) is 17.9 Å². The molecule has 1 aliphatic rings. The lowest BCUT2D eigenvalue weighted by Gasteiger charge is -2.26. The Morgan fingerprint density at radius 2 is 1.76 bits per heavy atom. The molecule has 0 aromatic heterocycles. The van der Waals surface area contributed by atoms with E-state index in [9.17, 15) is 14.4 Å². The minimum Gasteiger partial charge on any atom is -0.493 e. The number of nitrogens with one attached hydrogen (secondary N) is 1. The Labute approximate surface area is 233 Å². The van der Waals surface area contributed by atoms with Gasteiger partial charge in [-0.2, -0.15) is 0 Å². The lowest BCUT2D eigenvalue weighted by Crippen LogP contribution is -2.54. The van der Waals surface area contributed by atoms with Crippen LogP contribution in [0.25, 0.3) is 6.08 Å². The summed E-state index contributed by atoms with van der Waals surface area (Å²) in [6.07, 6.45) is 2.21. The third-order valence-electron chi connectivity index (χ3n) is 5.56. The molecule has 0 bridgehead atoms. The number of ether oxygens (including phenoxy) is 3. The van der Waals surface area contributed by atoms with Crippen LogP contribution in [0.2, 0.25) is 5.02 Å². The minimum atomic E-state index is -0.844. The number of amides is 4. The largest absolute Gasteiger partial charge is 0.493 e. The summed E-state index contributed by atoms with van der Waals surface area (Å²) in [5, 5.41) is 2.82. The van der Waals surface area contributed by atoms with Crippen LogP contribution in [0.3, 0.4) is 0 Å². The second-order valence-electron chi connectivity index (χ2n) is 8.21. The van der Waals surface area contributed by atoms with Crippen molar-refractivity contribution in [1.82, 2.24) is 5.32 Å². The van der Waals surface area contributed by atoms with Crippen LogP contribution in [0.5, 0.6) is 17.2 Å². The second-order valence-corrected chi connectivity index (χ2v) is 9.48. The molecule has 3 aromatic rings. The molecular formula is C28H24BrClN2O6. The molecule has 0 atom stereocenters. The van der Waals surface area contributed by atoms with Crippen molar-refractivity contribution in [2.24, 2.45) is 0 Å². The van der Waals surface area contributed by atoms with Crippen LogP contribution in [0.15, 0.2) is 70.7 Å². The van der Waals surface area contributed by atoms with E-state index in [2.05, 4.69) is 21.2 Å². The van der Waals surface area contributed by atoms with Gasteiger partial charge < -0.3 is 14.2 Å². The zero-order valence-electron chi connectivity index (χ0n) is 20.6. The normalized spacial score (nSPS) is 14.5. The number of imide groups is 2. The third kappa shape index (κ3) is 6.00. The van der Waals surface area contributed by atoms with Gasteiger partial charge in [0.05, 0.1) is 23.9 Å². The van der Waals surface area contributed by atoms with E-state index in [4.69, 9.17) is 25.8 Å². The van der Waals surface area contributed by atoms with E-state index in [1.807, 2.05) is 25.1 Å². The molecule has 38 heavy (non-hydrogen) atoms. The summed E-state index contributed by atoms with van der Waals surface area (Å²) < 4.78 is 17.5. The minimum absolute atomic E-state index is 0.208. The third-order valence-corrected chi connectivity index (χ3v) is 6.52. The number of anilines is 1. The molecule has 0 spiro atoms. The highest BCUT2D eigenvalue weighted by atomic mass is 79.9. The summed E-state index contributed by atoms with van der Waals surface area (Å²) in [6, 6.07) is 16.2. The van der Waals surface area contributed by atoms with Crippen molar-refractivity contribution in [3.05, 3.63) is 86.9 Å². The Morgan fingerprint density at radius 1 is 1.03 bits per heavy atom. The van der Waals surface area contributed by atoms with Gasteiger partial charge in [0.2, 0.25) is 0 Å². The average molecular weight is 600 g/mol. The maximum atomic E-state index is 13.3. The summed E-state index contributed by atoms with van der Waals surface area (Å²) in [5.41, 5.74) is 1.40. The quantitative estimate of drug-likeness (QED) is 0.234. The molecule has 1 aliphatic heterocycles. The SMILES string of the molecule is CCCOc1c(Br)cc(/C=C2\C(=O)NC(=O)N(c3ccc(OCc4ccccc4Cl)cc3)C2=O)cc1OC. The predicted molar refractivity (Wildman–Crippen MR) is 148 cm³/mol. The number of halogens is 2. The molecule has 8 nitrogen and oxygen atoms in total. The van der Waals surface area contributed by atoms with Gasteiger partial charge in [-0.05, 0) is 76.5 Å². The van der Waals surface area contributed by atoms with E-state index in [1.54, 1.807) is 42.5 Å². The first kappa shape index (κ1) is 27.2. The van der Waals surface area contributed by atoms with Crippen molar-refractivity contribution in [2.45, 2.75) is 20.0 Å². The molecule has 0 radical (unpaired) electrons. The Kier molecular flexibility index (Phi) is 8.70. The Morgan fingerprint density at radius 3 is 2.45 bits per heavy atom. The van der Waals surface area contributed by atoms with E-state index < -0.39 is 17.8 Å². The topological polar surface area (TPSA) is 94.2 Å². The van der Waals surface area contributed by atoms with Crippen molar-refractivity contribution in [2.75, 3.05) is 18.6 Å². The number of carbonyl (C=O) groups is 3. The van der Waals surface area contributed by atoms with Gasteiger partial charge in [0.1, 0.15) is 17.9 Å². The number of hydrogen-bond acceptors (Lipinski definition) is 6. The van der Waals surface area contributed by atoms with Crippen LogP contribution in [0, 0.1) is 0 Å². The smallest absolute Gasteiger partial charge is 0.335 e.